The molecule has 4 nitrogen and oxygen atoms in total. The molecule has 82 valence electrons. The van der Waals surface area contributed by atoms with Crippen LogP contribution >= 0.6 is 11.6 Å². The number of carboxylic acid groups (broad SMARTS) is 1. The number of hydrogen-bond acceptors (Lipinski definition) is 2. The van der Waals surface area contributed by atoms with Crippen LogP contribution in [0.15, 0.2) is 24.3 Å². The molecule has 5 heteroatoms. The molecule has 16 heavy (non-hydrogen) atoms. The van der Waals surface area contributed by atoms with Gasteiger partial charge in [-0.3, -0.25) is 5.10 Å². The van der Waals surface area contributed by atoms with Crippen LogP contribution in [0.1, 0.15) is 16.1 Å². The standard InChI is InChI=1S/C11H9ClN2O2/c1-6-4-10(14-13-6)7-2-3-9(12)8(5-7)11(15)16/h2-5H,1H3,(H,13,14)(H,15,16). The van der Waals surface area contributed by atoms with Crippen LogP contribution in [0.4, 0.5) is 0 Å². The van der Waals surface area contributed by atoms with Gasteiger partial charge >= 0.3 is 5.97 Å². The molecule has 0 bridgehead atoms. The number of halogens is 1. The zero-order valence-corrected chi connectivity index (χ0v) is 9.25. The maximum absolute atomic E-state index is 10.9. The fourth-order valence-electron chi connectivity index (χ4n) is 1.41. The molecule has 1 aromatic carbocycles. The van der Waals surface area contributed by atoms with Gasteiger partial charge in [-0.2, -0.15) is 5.10 Å². The van der Waals surface area contributed by atoms with Gasteiger partial charge < -0.3 is 5.11 Å². The van der Waals surface area contributed by atoms with E-state index in [0.29, 0.717) is 5.69 Å². The van der Waals surface area contributed by atoms with E-state index in [4.69, 9.17) is 16.7 Å². The Labute approximate surface area is 96.9 Å². The molecule has 0 atom stereocenters. The molecule has 0 spiro atoms. The molecular formula is C11H9ClN2O2. The Balaban J connectivity index is 2.51. The van der Waals surface area contributed by atoms with Gasteiger partial charge in [0.15, 0.2) is 0 Å². The fraction of sp³-hybridized carbons (Fsp3) is 0.0909. The van der Waals surface area contributed by atoms with E-state index in [2.05, 4.69) is 10.2 Å². The van der Waals surface area contributed by atoms with Gasteiger partial charge in [-0.15, -0.1) is 0 Å². The predicted octanol–water partition coefficient (Wildman–Crippen LogP) is 2.74. The zero-order valence-electron chi connectivity index (χ0n) is 8.49. The molecule has 1 aromatic heterocycles. The third-order valence-electron chi connectivity index (χ3n) is 2.20. The molecule has 2 rings (SSSR count). The highest BCUT2D eigenvalue weighted by Gasteiger charge is 2.11. The number of H-pyrrole nitrogens is 1. The number of nitrogens with one attached hydrogen (secondary N) is 1. The minimum atomic E-state index is -1.04. The molecule has 0 amide bonds. The molecule has 0 saturated heterocycles. The third kappa shape index (κ3) is 1.92. The van der Waals surface area contributed by atoms with E-state index in [1.54, 1.807) is 12.1 Å². The predicted molar refractivity (Wildman–Crippen MR) is 60.7 cm³/mol. The SMILES string of the molecule is Cc1cc(-c2ccc(Cl)c(C(=O)O)c2)n[nH]1. The molecule has 0 unspecified atom stereocenters. The number of aromatic amines is 1. The smallest absolute Gasteiger partial charge is 0.337 e. The number of hydrogen-bond donors (Lipinski definition) is 2. The molecule has 0 aliphatic heterocycles. The van der Waals surface area contributed by atoms with E-state index in [1.165, 1.54) is 6.07 Å². The molecule has 0 aliphatic rings. The van der Waals surface area contributed by atoms with E-state index in [0.717, 1.165) is 11.3 Å². The first-order chi connectivity index (χ1) is 7.58. The summed E-state index contributed by atoms with van der Waals surface area (Å²) in [7, 11) is 0. The molecule has 0 fully saturated rings. The van der Waals surface area contributed by atoms with Crippen molar-refractivity contribution in [2.75, 3.05) is 0 Å². The zero-order chi connectivity index (χ0) is 11.7. The summed E-state index contributed by atoms with van der Waals surface area (Å²) in [5, 5.41) is 16.0. The van der Waals surface area contributed by atoms with Gasteiger partial charge in [0.2, 0.25) is 0 Å². The van der Waals surface area contributed by atoms with Gasteiger partial charge in [-0.1, -0.05) is 17.7 Å². The van der Waals surface area contributed by atoms with Crippen LogP contribution in [0.2, 0.25) is 5.02 Å². The first kappa shape index (κ1) is 10.7. The van der Waals surface area contributed by atoms with Gasteiger partial charge in [0.25, 0.3) is 0 Å². The van der Waals surface area contributed by atoms with Crippen LogP contribution in [-0.4, -0.2) is 21.3 Å². The Bertz CT molecular complexity index is 549. The molecule has 1 heterocycles. The lowest BCUT2D eigenvalue weighted by Gasteiger charge is -2.01. The molecule has 0 aliphatic carbocycles. The monoisotopic (exact) mass is 236 g/mol. The normalized spacial score (nSPS) is 10.4. The summed E-state index contributed by atoms with van der Waals surface area (Å²) in [6.07, 6.45) is 0. The van der Waals surface area contributed by atoms with Crippen molar-refractivity contribution >= 4 is 17.6 Å². The lowest BCUT2D eigenvalue weighted by atomic mass is 10.1. The summed E-state index contributed by atoms with van der Waals surface area (Å²) in [5.74, 6) is -1.04. The summed E-state index contributed by atoms with van der Waals surface area (Å²) < 4.78 is 0. The van der Waals surface area contributed by atoms with Gasteiger partial charge in [0, 0.05) is 11.3 Å². The second kappa shape index (κ2) is 3.98. The second-order valence-corrected chi connectivity index (χ2v) is 3.84. The van der Waals surface area contributed by atoms with E-state index in [1.807, 2.05) is 13.0 Å². The van der Waals surface area contributed by atoms with Crippen molar-refractivity contribution in [3.8, 4) is 11.3 Å². The molecule has 2 N–H and O–H groups in total. The lowest BCUT2D eigenvalue weighted by Crippen LogP contribution is -1.97. The van der Waals surface area contributed by atoms with Crippen LogP contribution in [0.3, 0.4) is 0 Å². The highest BCUT2D eigenvalue weighted by molar-refractivity contribution is 6.33. The number of aromatic carboxylic acids is 1. The first-order valence-electron chi connectivity index (χ1n) is 4.63. The summed E-state index contributed by atoms with van der Waals surface area (Å²) in [4.78, 5) is 10.9. The Morgan fingerprint density at radius 2 is 2.19 bits per heavy atom. The fourth-order valence-corrected chi connectivity index (χ4v) is 1.61. The maximum Gasteiger partial charge on any atom is 0.337 e. The van der Waals surface area contributed by atoms with Crippen molar-refractivity contribution in [1.82, 2.24) is 10.2 Å². The number of carboxylic acids is 1. The van der Waals surface area contributed by atoms with Gasteiger partial charge in [0.1, 0.15) is 0 Å². The molecule has 2 aromatic rings. The number of aryl methyl sites for hydroxylation is 1. The first-order valence-corrected chi connectivity index (χ1v) is 5.01. The Kier molecular flexibility index (Phi) is 2.66. The second-order valence-electron chi connectivity index (χ2n) is 3.44. The van der Waals surface area contributed by atoms with E-state index >= 15 is 0 Å². The van der Waals surface area contributed by atoms with Crippen molar-refractivity contribution in [2.24, 2.45) is 0 Å². The highest BCUT2D eigenvalue weighted by atomic mass is 35.5. The van der Waals surface area contributed by atoms with Crippen LogP contribution in [-0.2, 0) is 0 Å². The number of nitrogens with zero attached hydrogens (tertiary/aromatic N) is 1. The summed E-state index contributed by atoms with van der Waals surface area (Å²) >= 11 is 5.77. The van der Waals surface area contributed by atoms with Crippen molar-refractivity contribution in [3.63, 3.8) is 0 Å². The number of rotatable bonds is 2. The van der Waals surface area contributed by atoms with Crippen LogP contribution < -0.4 is 0 Å². The molecule has 0 saturated carbocycles. The van der Waals surface area contributed by atoms with Gasteiger partial charge in [-0.25, -0.2) is 4.79 Å². The Morgan fingerprint density at radius 1 is 1.44 bits per heavy atom. The quantitative estimate of drug-likeness (QED) is 0.843. The highest BCUT2D eigenvalue weighted by Crippen LogP contribution is 2.24. The number of carbonyl (C=O) groups is 1. The third-order valence-corrected chi connectivity index (χ3v) is 2.53. The minimum Gasteiger partial charge on any atom is -0.478 e. The average Bonchev–Trinajstić information content (AvgIpc) is 2.65. The van der Waals surface area contributed by atoms with Crippen LogP contribution in [0, 0.1) is 6.92 Å². The Hall–Kier alpha value is -1.81. The maximum atomic E-state index is 10.9. The largest absolute Gasteiger partial charge is 0.478 e. The molecule has 0 radical (unpaired) electrons. The summed E-state index contributed by atoms with van der Waals surface area (Å²) in [6.45, 7) is 1.88. The Morgan fingerprint density at radius 3 is 2.75 bits per heavy atom. The van der Waals surface area contributed by atoms with Crippen LogP contribution in [0.5, 0.6) is 0 Å². The molecular weight excluding hydrogens is 228 g/mol. The van der Waals surface area contributed by atoms with Gasteiger partial charge in [0.05, 0.1) is 16.3 Å². The van der Waals surface area contributed by atoms with Crippen molar-refractivity contribution in [1.29, 1.82) is 0 Å². The van der Waals surface area contributed by atoms with E-state index in [9.17, 15) is 4.79 Å². The van der Waals surface area contributed by atoms with E-state index < -0.39 is 5.97 Å². The van der Waals surface area contributed by atoms with Crippen molar-refractivity contribution in [2.45, 2.75) is 6.92 Å². The van der Waals surface area contributed by atoms with Crippen molar-refractivity contribution < 1.29 is 9.90 Å². The van der Waals surface area contributed by atoms with Crippen molar-refractivity contribution in [3.05, 3.63) is 40.5 Å². The summed E-state index contributed by atoms with van der Waals surface area (Å²) in [6, 6.07) is 6.66. The van der Waals surface area contributed by atoms with Gasteiger partial charge in [-0.05, 0) is 25.1 Å². The topological polar surface area (TPSA) is 66.0 Å². The lowest BCUT2D eigenvalue weighted by molar-refractivity contribution is 0.0697. The minimum absolute atomic E-state index is 0.0832. The van der Waals surface area contributed by atoms with E-state index in [-0.39, 0.29) is 10.6 Å². The average molecular weight is 237 g/mol. The number of aromatic nitrogens is 2. The van der Waals surface area contributed by atoms with Crippen LogP contribution in [0.25, 0.3) is 11.3 Å². The summed E-state index contributed by atoms with van der Waals surface area (Å²) in [5.41, 5.74) is 2.43. The number of benzene rings is 1.